The molecule has 0 aliphatic carbocycles. The summed E-state index contributed by atoms with van der Waals surface area (Å²) in [5.74, 6) is -1.61. The lowest BCUT2D eigenvalue weighted by Gasteiger charge is -2.00. The van der Waals surface area contributed by atoms with E-state index < -0.39 is 17.7 Å². The second-order valence-electron chi connectivity index (χ2n) is 3.72. The second kappa shape index (κ2) is 5.96. The van der Waals surface area contributed by atoms with E-state index in [0.717, 1.165) is 18.4 Å². The number of oxazole rings is 1. The van der Waals surface area contributed by atoms with Gasteiger partial charge in [-0.3, -0.25) is 10.1 Å². The first-order valence-electron chi connectivity index (χ1n) is 5.79. The molecule has 7 heteroatoms. The number of esters is 1. The zero-order valence-corrected chi connectivity index (χ0v) is 10.6. The summed E-state index contributed by atoms with van der Waals surface area (Å²) in [5.41, 5.74) is 0.198. The van der Waals surface area contributed by atoms with Crippen molar-refractivity contribution in [2.24, 2.45) is 0 Å². The van der Waals surface area contributed by atoms with E-state index in [0.29, 0.717) is 0 Å². The van der Waals surface area contributed by atoms with Gasteiger partial charge in [-0.1, -0.05) is 0 Å². The van der Waals surface area contributed by atoms with Crippen molar-refractivity contribution in [3.8, 4) is 0 Å². The summed E-state index contributed by atoms with van der Waals surface area (Å²) in [6.07, 6.45) is 1.08. The zero-order chi connectivity index (χ0) is 14.5. The molecule has 6 nitrogen and oxygen atoms in total. The Morgan fingerprint density at radius 3 is 2.70 bits per heavy atom. The number of carbonyl (C=O) groups excluding carboxylic acids is 2. The van der Waals surface area contributed by atoms with Crippen molar-refractivity contribution in [1.29, 1.82) is 0 Å². The molecular formula is C13H11FN2O4. The first kappa shape index (κ1) is 13.7. The summed E-state index contributed by atoms with van der Waals surface area (Å²) in [7, 11) is 0. The number of aromatic nitrogens is 1. The minimum absolute atomic E-state index is 0.0405. The van der Waals surface area contributed by atoms with Crippen molar-refractivity contribution in [2.45, 2.75) is 6.92 Å². The van der Waals surface area contributed by atoms with E-state index in [1.165, 1.54) is 12.1 Å². The molecule has 1 aromatic heterocycles. The Morgan fingerprint density at radius 2 is 2.05 bits per heavy atom. The van der Waals surface area contributed by atoms with Crippen molar-refractivity contribution in [2.75, 3.05) is 11.9 Å². The van der Waals surface area contributed by atoms with Crippen LogP contribution in [-0.2, 0) is 4.74 Å². The van der Waals surface area contributed by atoms with Gasteiger partial charge in [-0.2, -0.15) is 4.98 Å². The fourth-order valence-electron chi connectivity index (χ4n) is 1.40. The lowest BCUT2D eigenvalue weighted by Crippen LogP contribution is -2.12. The lowest BCUT2D eigenvalue weighted by molar-refractivity contribution is 0.0519. The van der Waals surface area contributed by atoms with Gasteiger partial charge in [0, 0.05) is 5.56 Å². The molecule has 104 valence electrons. The van der Waals surface area contributed by atoms with Crippen LogP contribution in [0.4, 0.5) is 10.4 Å². The van der Waals surface area contributed by atoms with Crippen LogP contribution in [0, 0.1) is 5.82 Å². The Balaban J connectivity index is 2.05. The second-order valence-corrected chi connectivity index (χ2v) is 3.72. The summed E-state index contributed by atoms with van der Waals surface area (Å²) >= 11 is 0. The molecule has 1 aromatic carbocycles. The van der Waals surface area contributed by atoms with E-state index in [1.54, 1.807) is 6.92 Å². The SMILES string of the molecule is CCOC(=O)c1coc(NC(=O)c2ccc(F)cc2)n1. The first-order chi connectivity index (χ1) is 9.60. The van der Waals surface area contributed by atoms with Crippen LogP contribution >= 0.6 is 0 Å². The fraction of sp³-hybridized carbons (Fsp3) is 0.154. The maximum Gasteiger partial charge on any atom is 0.360 e. The van der Waals surface area contributed by atoms with Crippen molar-refractivity contribution in [3.05, 3.63) is 47.6 Å². The van der Waals surface area contributed by atoms with Crippen LogP contribution < -0.4 is 5.32 Å². The normalized spacial score (nSPS) is 10.1. The van der Waals surface area contributed by atoms with Crippen LogP contribution in [-0.4, -0.2) is 23.5 Å². The van der Waals surface area contributed by atoms with Crippen molar-refractivity contribution < 1.29 is 23.1 Å². The molecule has 0 fully saturated rings. The quantitative estimate of drug-likeness (QED) is 0.867. The highest BCUT2D eigenvalue weighted by atomic mass is 19.1. The number of rotatable bonds is 4. The Bertz CT molecular complexity index is 622. The third-order valence-electron chi connectivity index (χ3n) is 2.32. The van der Waals surface area contributed by atoms with E-state index in [4.69, 9.17) is 9.15 Å². The molecule has 1 N–H and O–H groups in total. The smallest absolute Gasteiger partial charge is 0.360 e. The van der Waals surface area contributed by atoms with Gasteiger partial charge in [0.2, 0.25) is 0 Å². The molecule has 0 saturated carbocycles. The zero-order valence-electron chi connectivity index (χ0n) is 10.6. The van der Waals surface area contributed by atoms with Gasteiger partial charge in [0.25, 0.3) is 5.91 Å². The number of hydrogen-bond donors (Lipinski definition) is 1. The minimum atomic E-state index is -0.640. The highest BCUT2D eigenvalue weighted by molar-refractivity contribution is 6.03. The number of nitrogens with one attached hydrogen (secondary N) is 1. The summed E-state index contributed by atoms with van der Waals surface area (Å²) < 4.78 is 22.4. The molecule has 1 amide bonds. The Kier molecular flexibility index (Phi) is 4.09. The molecule has 0 spiro atoms. The molecule has 2 rings (SSSR count). The summed E-state index contributed by atoms with van der Waals surface area (Å²) in [5, 5.41) is 2.35. The maximum absolute atomic E-state index is 12.7. The average Bonchev–Trinajstić information content (AvgIpc) is 2.88. The number of hydrogen-bond acceptors (Lipinski definition) is 5. The third kappa shape index (κ3) is 3.19. The molecular weight excluding hydrogens is 267 g/mol. The number of anilines is 1. The molecule has 0 unspecified atom stereocenters. The van der Waals surface area contributed by atoms with E-state index in [-0.39, 0.29) is 23.9 Å². The predicted molar refractivity (Wildman–Crippen MR) is 66.8 cm³/mol. The molecule has 0 aliphatic rings. The highest BCUT2D eigenvalue weighted by Crippen LogP contribution is 2.11. The van der Waals surface area contributed by atoms with Gasteiger partial charge in [-0.15, -0.1) is 0 Å². The van der Waals surface area contributed by atoms with Gasteiger partial charge < -0.3 is 9.15 Å². The van der Waals surface area contributed by atoms with Gasteiger partial charge in [0.15, 0.2) is 5.69 Å². The van der Waals surface area contributed by atoms with Gasteiger partial charge in [0.05, 0.1) is 6.61 Å². The number of nitrogens with zero attached hydrogens (tertiary/aromatic N) is 1. The van der Waals surface area contributed by atoms with Gasteiger partial charge in [-0.05, 0) is 31.2 Å². The van der Waals surface area contributed by atoms with Gasteiger partial charge >= 0.3 is 12.0 Å². The van der Waals surface area contributed by atoms with Crippen LogP contribution in [0.15, 0.2) is 34.9 Å². The van der Waals surface area contributed by atoms with Crippen molar-refractivity contribution in [3.63, 3.8) is 0 Å². The van der Waals surface area contributed by atoms with Gasteiger partial charge in [0.1, 0.15) is 12.1 Å². The van der Waals surface area contributed by atoms with Crippen molar-refractivity contribution in [1.82, 2.24) is 4.98 Å². The van der Waals surface area contributed by atoms with Gasteiger partial charge in [-0.25, -0.2) is 9.18 Å². The number of amides is 1. The molecule has 20 heavy (non-hydrogen) atoms. The van der Waals surface area contributed by atoms with Crippen LogP contribution in [0.1, 0.15) is 27.8 Å². The molecule has 0 bridgehead atoms. The van der Waals surface area contributed by atoms with Crippen LogP contribution in [0.3, 0.4) is 0 Å². The van der Waals surface area contributed by atoms with Crippen LogP contribution in [0.2, 0.25) is 0 Å². The third-order valence-corrected chi connectivity index (χ3v) is 2.32. The summed E-state index contributed by atoms with van der Waals surface area (Å²) in [4.78, 5) is 26.9. The Hall–Kier alpha value is -2.70. The summed E-state index contributed by atoms with van der Waals surface area (Å²) in [6, 6.07) is 4.82. The minimum Gasteiger partial charge on any atom is -0.461 e. The van der Waals surface area contributed by atoms with Crippen LogP contribution in [0.5, 0.6) is 0 Å². The molecule has 0 saturated heterocycles. The molecule has 1 heterocycles. The number of benzene rings is 1. The monoisotopic (exact) mass is 278 g/mol. The highest BCUT2D eigenvalue weighted by Gasteiger charge is 2.15. The largest absolute Gasteiger partial charge is 0.461 e. The Morgan fingerprint density at radius 1 is 1.35 bits per heavy atom. The molecule has 0 aliphatic heterocycles. The van der Waals surface area contributed by atoms with E-state index in [1.807, 2.05) is 0 Å². The Labute approximate surface area is 113 Å². The fourth-order valence-corrected chi connectivity index (χ4v) is 1.40. The topological polar surface area (TPSA) is 81.4 Å². The van der Waals surface area contributed by atoms with E-state index >= 15 is 0 Å². The summed E-state index contributed by atoms with van der Waals surface area (Å²) in [6.45, 7) is 1.87. The standard InChI is InChI=1S/C13H11FN2O4/c1-2-19-12(18)10-7-20-13(15-10)16-11(17)8-3-5-9(14)6-4-8/h3-7H,2H2,1H3,(H,15,16,17). The van der Waals surface area contributed by atoms with E-state index in [2.05, 4.69) is 10.3 Å². The van der Waals surface area contributed by atoms with E-state index in [9.17, 15) is 14.0 Å². The average molecular weight is 278 g/mol. The number of halogens is 1. The lowest BCUT2D eigenvalue weighted by atomic mass is 10.2. The van der Waals surface area contributed by atoms with Crippen LogP contribution in [0.25, 0.3) is 0 Å². The molecule has 2 aromatic rings. The predicted octanol–water partition coefficient (Wildman–Crippen LogP) is 2.24. The molecule has 0 atom stereocenters. The maximum atomic E-state index is 12.7. The first-order valence-corrected chi connectivity index (χ1v) is 5.79. The van der Waals surface area contributed by atoms with Crippen molar-refractivity contribution >= 4 is 17.9 Å². The molecule has 0 radical (unpaired) electrons. The number of ether oxygens (including phenoxy) is 1. The number of carbonyl (C=O) groups is 2.